The van der Waals surface area contributed by atoms with Crippen LogP contribution in [0.5, 0.6) is 0 Å². The minimum atomic E-state index is -1.26. The monoisotopic (exact) mass is 246 g/mol. The van der Waals surface area contributed by atoms with Crippen LogP contribution in [0.25, 0.3) is 5.69 Å². The van der Waals surface area contributed by atoms with E-state index in [4.69, 9.17) is 8.22 Å². The molecule has 0 unspecified atom stereocenters. The van der Waals surface area contributed by atoms with E-state index in [9.17, 15) is 4.39 Å². The third-order valence-corrected chi connectivity index (χ3v) is 1.60. The summed E-state index contributed by atoms with van der Waals surface area (Å²) in [5, 5.41) is 3.72. The van der Waals surface area contributed by atoms with Crippen LogP contribution in [0.1, 0.15) is 8.22 Å². The highest BCUT2D eigenvalue weighted by Crippen LogP contribution is 2.11. The zero-order valence-electron chi connectivity index (χ0n) is 12.2. The predicted octanol–water partition coefficient (Wildman–Crippen LogP) is 2.77. The molecule has 0 saturated heterocycles. The lowest BCUT2D eigenvalue weighted by atomic mass is 10.3. The van der Waals surface area contributed by atoms with Crippen molar-refractivity contribution in [2.75, 3.05) is 0 Å². The molecule has 0 aliphatic heterocycles. The Bertz CT molecular complexity index is 657. The van der Waals surface area contributed by atoms with Crippen molar-refractivity contribution in [3.8, 4) is 5.69 Å². The summed E-state index contributed by atoms with van der Waals surface area (Å²) in [6, 6.07) is -3.20. The van der Waals surface area contributed by atoms with Gasteiger partial charge in [-0.1, -0.05) is 6.04 Å². The van der Waals surface area contributed by atoms with Crippen LogP contribution >= 0.6 is 15.9 Å². The van der Waals surface area contributed by atoms with Crippen molar-refractivity contribution < 1.29 is 12.6 Å². The van der Waals surface area contributed by atoms with E-state index >= 15 is 0 Å². The van der Waals surface area contributed by atoms with Crippen molar-refractivity contribution in [1.82, 2.24) is 9.78 Å². The van der Waals surface area contributed by atoms with Gasteiger partial charge in [0.1, 0.15) is 10.4 Å². The highest BCUT2D eigenvalue weighted by Gasteiger charge is 1.99. The smallest absolute Gasteiger partial charge is 0.128 e. The lowest BCUT2D eigenvalue weighted by Gasteiger charge is -1.99. The second-order valence-corrected chi connectivity index (χ2v) is 2.85. The Morgan fingerprint density at radius 3 is 3.00 bits per heavy atom. The second-order valence-electron chi connectivity index (χ2n) is 2.10. The highest BCUT2D eigenvalue weighted by atomic mass is 79.9. The highest BCUT2D eigenvalue weighted by molar-refractivity contribution is 9.10. The van der Waals surface area contributed by atoms with Gasteiger partial charge < -0.3 is 0 Å². The fourth-order valence-corrected chi connectivity index (χ4v) is 1.01. The average molecular weight is 247 g/mol. The van der Waals surface area contributed by atoms with Gasteiger partial charge in [-0.25, -0.2) is 9.07 Å². The number of aromatic nitrogens is 2. The van der Waals surface area contributed by atoms with Gasteiger partial charge in [-0.15, -0.1) is 0 Å². The van der Waals surface area contributed by atoms with E-state index in [1.165, 1.54) is 0 Å². The number of hydrogen-bond acceptors (Lipinski definition) is 1. The Hall–Kier alpha value is -1.16. The largest absolute Gasteiger partial charge is 0.240 e. The quantitative estimate of drug-likeness (QED) is 0.757. The van der Waals surface area contributed by atoms with Crippen molar-refractivity contribution in [3.05, 3.63) is 46.8 Å². The summed E-state index contributed by atoms with van der Waals surface area (Å²) >= 11 is 2.93. The summed E-state index contributed by atoms with van der Waals surface area (Å²) in [6.07, 6.45) is -0.439. The van der Waals surface area contributed by atoms with Crippen molar-refractivity contribution in [3.63, 3.8) is 0 Å². The lowest BCUT2D eigenvalue weighted by molar-refractivity contribution is 0.625. The van der Waals surface area contributed by atoms with Crippen LogP contribution in [0.2, 0.25) is 0 Å². The number of halogens is 2. The molecule has 0 amide bonds. The Labute approximate surface area is 91.6 Å². The third kappa shape index (κ3) is 1.78. The number of hydrogen-bond donors (Lipinski definition) is 0. The molecule has 0 atom stereocenters. The van der Waals surface area contributed by atoms with E-state index in [-0.39, 0.29) is 10.6 Å². The molecule has 0 N–H and O–H groups in total. The van der Waals surface area contributed by atoms with Gasteiger partial charge >= 0.3 is 0 Å². The lowest BCUT2D eigenvalue weighted by Crippen LogP contribution is -1.94. The molecule has 0 aliphatic carbocycles. The first-order valence-electron chi connectivity index (χ1n) is 6.25. The second kappa shape index (κ2) is 3.30. The van der Waals surface area contributed by atoms with Gasteiger partial charge in [0, 0.05) is 6.17 Å². The Balaban J connectivity index is 2.87. The van der Waals surface area contributed by atoms with Crippen molar-refractivity contribution in [2.45, 2.75) is 0 Å². The summed E-state index contributed by atoms with van der Waals surface area (Å²) in [4.78, 5) is 0. The number of nitrogens with zero attached hydrogens (tertiary/aromatic N) is 2. The molecule has 2 aromatic rings. The normalized spacial score (nSPS) is 16.8. The molecular formula is C9H6BrFN2. The Kier molecular flexibility index (Phi) is 0.994. The minimum Gasteiger partial charge on any atom is -0.240 e. The molecule has 2 nitrogen and oxygen atoms in total. The van der Waals surface area contributed by atoms with E-state index in [1.54, 1.807) is 0 Å². The molecule has 13 heavy (non-hydrogen) atoms. The minimum absolute atomic E-state index is 0.0122. The van der Waals surface area contributed by atoms with Gasteiger partial charge in [0.05, 0.1) is 13.9 Å². The molecule has 0 bridgehead atoms. The van der Waals surface area contributed by atoms with Gasteiger partial charge in [-0.3, -0.25) is 0 Å². The number of benzene rings is 1. The first-order valence-corrected chi connectivity index (χ1v) is 4.04. The molecule has 0 spiro atoms. The van der Waals surface area contributed by atoms with Crippen LogP contribution in [0.15, 0.2) is 41.0 Å². The molecule has 66 valence electrons. The first-order chi connectivity index (χ1) is 8.77. The molecule has 1 aromatic carbocycles. The summed E-state index contributed by atoms with van der Waals surface area (Å²) in [5.41, 5.74) is -0.428. The molecule has 1 heterocycles. The van der Waals surface area contributed by atoms with E-state index < -0.39 is 41.8 Å². The van der Waals surface area contributed by atoms with Gasteiger partial charge in [0.15, 0.2) is 0 Å². The van der Waals surface area contributed by atoms with Crippen LogP contribution in [0, 0.1) is 5.82 Å². The third-order valence-electron chi connectivity index (χ3n) is 1.25. The average Bonchev–Trinajstić information content (AvgIpc) is 2.62. The van der Waals surface area contributed by atoms with E-state index in [2.05, 4.69) is 21.0 Å². The maximum Gasteiger partial charge on any atom is 0.128 e. The molecular weight excluding hydrogens is 235 g/mol. The molecule has 0 radical (unpaired) electrons. The molecule has 0 fully saturated rings. The van der Waals surface area contributed by atoms with Crippen LogP contribution in [-0.2, 0) is 0 Å². The van der Waals surface area contributed by atoms with Crippen LogP contribution in [0.3, 0.4) is 0 Å². The fraction of sp³-hybridized carbons (Fsp3) is 0. The SMILES string of the molecule is [2H]c1c([2H])c(F)c([2H])c(-n2nc(Br)c([2H])c2[2H])c1[2H]. The first kappa shape index (κ1) is 3.92. The predicted molar refractivity (Wildman–Crippen MR) is 51.2 cm³/mol. The van der Waals surface area contributed by atoms with Crippen LogP contribution in [0.4, 0.5) is 4.39 Å². The standard InChI is InChI=1S/C9H6BrFN2/c10-9-4-5-13(12-9)8-3-1-2-7(11)6-8/h1-6H/i1D,2D,3D,4D,5D,6D. The summed E-state index contributed by atoms with van der Waals surface area (Å²) in [5.74, 6) is -1.26. The summed E-state index contributed by atoms with van der Waals surface area (Å²) in [7, 11) is 0. The molecule has 4 heteroatoms. The van der Waals surface area contributed by atoms with Gasteiger partial charge in [0.2, 0.25) is 0 Å². The van der Waals surface area contributed by atoms with Crippen molar-refractivity contribution >= 4 is 15.9 Å². The van der Waals surface area contributed by atoms with Crippen LogP contribution in [-0.4, -0.2) is 9.78 Å². The van der Waals surface area contributed by atoms with Gasteiger partial charge in [-0.2, -0.15) is 5.10 Å². The van der Waals surface area contributed by atoms with Gasteiger partial charge in [-0.05, 0) is 40.1 Å². The van der Waals surface area contributed by atoms with E-state index in [1.807, 2.05) is 0 Å². The Morgan fingerprint density at radius 1 is 1.46 bits per heavy atom. The van der Waals surface area contributed by atoms with Gasteiger partial charge in [0.25, 0.3) is 0 Å². The van der Waals surface area contributed by atoms with E-state index in [0.717, 1.165) is 4.68 Å². The molecule has 0 saturated carbocycles. The summed E-state index contributed by atoms with van der Waals surface area (Å²) in [6.45, 7) is 0. The topological polar surface area (TPSA) is 17.8 Å². The zero-order valence-corrected chi connectivity index (χ0v) is 7.74. The molecule has 0 aliphatic rings. The zero-order chi connectivity index (χ0) is 14.5. The van der Waals surface area contributed by atoms with Crippen LogP contribution < -0.4 is 0 Å². The fourth-order valence-electron chi connectivity index (χ4n) is 0.760. The summed E-state index contributed by atoms with van der Waals surface area (Å²) < 4.78 is 59.4. The maximum atomic E-state index is 13.6. The molecule has 1 aromatic heterocycles. The van der Waals surface area contributed by atoms with Crippen molar-refractivity contribution in [1.29, 1.82) is 0 Å². The van der Waals surface area contributed by atoms with E-state index in [0.29, 0.717) is 0 Å². The Morgan fingerprint density at radius 2 is 2.31 bits per heavy atom. The van der Waals surface area contributed by atoms with Crippen molar-refractivity contribution in [2.24, 2.45) is 0 Å². The molecule has 2 rings (SSSR count). The maximum absolute atomic E-state index is 13.6. The number of rotatable bonds is 1.